The van der Waals surface area contributed by atoms with Gasteiger partial charge in [0, 0.05) is 53.4 Å². The molecule has 2 heterocycles. The van der Waals surface area contributed by atoms with Gasteiger partial charge in [0.2, 0.25) is 5.91 Å². The van der Waals surface area contributed by atoms with Gasteiger partial charge >= 0.3 is 0 Å². The number of carbonyl (C=O) groups is 1. The number of morpholine rings is 1. The van der Waals surface area contributed by atoms with E-state index in [-0.39, 0.29) is 18.4 Å². The highest BCUT2D eigenvalue weighted by atomic mass is 32.2. The van der Waals surface area contributed by atoms with Gasteiger partial charge in [-0.3, -0.25) is 9.69 Å². The zero-order valence-electron chi connectivity index (χ0n) is 14.0. The molecule has 23 heavy (non-hydrogen) atoms. The van der Waals surface area contributed by atoms with Crippen LogP contribution < -0.4 is 5.32 Å². The van der Waals surface area contributed by atoms with Crippen molar-refractivity contribution in [2.45, 2.75) is 12.8 Å². The molecule has 0 bridgehead atoms. The van der Waals surface area contributed by atoms with E-state index >= 15 is 0 Å². The van der Waals surface area contributed by atoms with E-state index in [1.165, 1.54) is 22.7 Å². The van der Waals surface area contributed by atoms with Crippen molar-refractivity contribution < 1.29 is 17.9 Å². The van der Waals surface area contributed by atoms with Crippen molar-refractivity contribution in [2.24, 2.45) is 5.92 Å². The third-order valence-corrected chi connectivity index (χ3v) is 6.28. The molecule has 0 aromatic carbocycles. The minimum absolute atomic E-state index is 0.0445. The molecule has 0 saturated carbocycles. The minimum Gasteiger partial charge on any atom is -0.379 e. The van der Waals surface area contributed by atoms with Gasteiger partial charge < -0.3 is 10.1 Å². The van der Waals surface area contributed by atoms with Gasteiger partial charge in [0.15, 0.2) is 0 Å². The summed E-state index contributed by atoms with van der Waals surface area (Å²) in [4.78, 5) is 14.6. The van der Waals surface area contributed by atoms with Gasteiger partial charge in [-0.15, -0.1) is 0 Å². The SMILES string of the molecule is CN(C)S(=O)(=O)N1CCCC(C(=O)NCCN2CCOCC2)C1. The fraction of sp³-hybridized carbons (Fsp3) is 0.929. The lowest BCUT2D eigenvalue weighted by Crippen LogP contribution is -2.49. The molecule has 2 fully saturated rings. The third-order valence-electron chi connectivity index (χ3n) is 4.37. The molecule has 1 atom stereocenters. The van der Waals surface area contributed by atoms with E-state index in [1.54, 1.807) is 0 Å². The van der Waals surface area contributed by atoms with Gasteiger partial charge in [0.25, 0.3) is 10.2 Å². The van der Waals surface area contributed by atoms with E-state index in [9.17, 15) is 13.2 Å². The average molecular weight is 348 g/mol. The Balaban J connectivity index is 1.77. The predicted molar refractivity (Wildman–Crippen MR) is 87.2 cm³/mol. The largest absolute Gasteiger partial charge is 0.379 e. The maximum Gasteiger partial charge on any atom is 0.281 e. The molecular formula is C14H28N4O4S. The highest BCUT2D eigenvalue weighted by Crippen LogP contribution is 2.20. The molecule has 1 amide bonds. The van der Waals surface area contributed by atoms with Gasteiger partial charge in [-0.2, -0.15) is 17.0 Å². The van der Waals surface area contributed by atoms with E-state index in [4.69, 9.17) is 4.74 Å². The number of hydrogen-bond donors (Lipinski definition) is 1. The zero-order valence-corrected chi connectivity index (χ0v) is 14.8. The van der Waals surface area contributed by atoms with Crippen LogP contribution in [0.2, 0.25) is 0 Å². The molecule has 1 N–H and O–H groups in total. The summed E-state index contributed by atoms with van der Waals surface area (Å²) in [6.07, 6.45) is 1.46. The first kappa shape index (κ1) is 18.6. The standard InChI is InChI=1S/C14H28N4O4S/c1-16(2)23(20,21)18-6-3-4-13(12-18)14(19)15-5-7-17-8-10-22-11-9-17/h13H,3-12H2,1-2H3,(H,15,19). The monoisotopic (exact) mass is 348 g/mol. The molecule has 134 valence electrons. The summed E-state index contributed by atoms with van der Waals surface area (Å²) >= 11 is 0. The van der Waals surface area contributed by atoms with Gasteiger partial charge in [-0.25, -0.2) is 0 Å². The number of carbonyl (C=O) groups excluding carboxylic acids is 1. The van der Waals surface area contributed by atoms with Crippen LogP contribution in [0, 0.1) is 5.92 Å². The number of hydrogen-bond acceptors (Lipinski definition) is 5. The van der Waals surface area contributed by atoms with Crippen LogP contribution in [0.3, 0.4) is 0 Å². The number of nitrogens with one attached hydrogen (secondary N) is 1. The lowest BCUT2D eigenvalue weighted by Gasteiger charge is -2.33. The summed E-state index contributed by atoms with van der Waals surface area (Å²) in [6, 6.07) is 0. The number of piperidine rings is 1. The Morgan fingerprint density at radius 2 is 1.96 bits per heavy atom. The van der Waals surface area contributed by atoms with Gasteiger partial charge in [0.05, 0.1) is 19.1 Å². The normalized spacial score (nSPS) is 24.7. The van der Waals surface area contributed by atoms with Gasteiger partial charge in [0.1, 0.15) is 0 Å². The van der Waals surface area contributed by atoms with Crippen LogP contribution >= 0.6 is 0 Å². The first-order valence-corrected chi connectivity index (χ1v) is 9.56. The summed E-state index contributed by atoms with van der Waals surface area (Å²) in [5.74, 6) is -0.305. The molecule has 0 radical (unpaired) electrons. The smallest absolute Gasteiger partial charge is 0.281 e. The second-order valence-electron chi connectivity index (χ2n) is 6.23. The van der Waals surface area contributed by atoms with Crippen molar-refractivity contribution in [1.82, 2.24) is 18.8 Å². The fourth-order valence-electron chi connectivity index (χ4n) is 2.90. The second kappa shape index (κ2) is 8.39. The van der Waals surface area contributed by atoms with Crippen LogP contribution in [0.5, 0.6) is 0 Å². The van der Waals surface area contributed by atoms with E-state index in [0.717, 1.165) is 39.3 Å². The lowest BCUT2D eigenvalue weighted by atomic mass is 9.99. The molecule has 2 aliphatic heterocycles. The molecule has 2 rings (SSSR count). The summed E-state index contributed by atoms with van der Waals surface area (Å²) in [6.45, 7) is 5.43. The molecular weight excluding hydrogens is 320 g/mol. The maximum absolute atomic E-state index is 12.3. The topological polar surface area (TPSA) is 82.2 Å². The molecule has 8 nitrogen and oxygen atoms in total. The molecule has 0 aromatic rings. The van der Waals surface area contributed by atoms with Crippen molar-refractivity contribution in [3.05, 3.63) is 0 Å². The summed E-state index contributed by atoms with van der Waals surface area (Å²) in [5, 5.41) is 2.94. The van der Waals surface area contributed by atoms with Crippen molar-refractivity contribution in [1.29, 1.82) is 0 Å². The first-order chi connectivity index (χ1) is 10.9. The third kappa shape index (κ3) is 5.12. The Hall–Kier alpha value is -0.740. The number of amides is 1. The Bertz CT molecular complexity index is 491. The van der Waals surface area contributed by atoms with Crippen LogP contribution in [-0.2, 0) is 19.7 Å². The molecule has 1 unspecified atom stereocenters. The molecule has 9 heteroatoms. The van der Waals surface area contributed by atoms with Crippen molar-refractivity contribution in [2.75, 3.05) is 66.6 Å². The quantitative estimate of drug-likeness (QED) is 0.663. The molecule has 2 saturated heterocycles. The summed E-state index contributed by atoms with van der Waals surface area (Å²) < 4.78 is 32.2. The van der Waals surface area contributed by atoms with Crippen molar-refractivity contribution >= 4 is 16.1 Å². The minimum atomic E-state index is -3.44. The Kier molecular flexibility index (Phi) is 6.78. The van der Waals surface area contributed by atoms with Crippen LogP contribution in [0.15, 0.2) is 0 Å². The number of ether oxygens (including phenoxy) is 1. The molecule has 0 spiro atoms. The van der Waals surface area contributed by atoms with E-state index < -0.39 is 10.2 Å². The van der Waals surface area contributed by atoms with E-state index in [2.05, 4.69) is 10.2 Å². The number of nitrogens with zero attached hydrogens (tertiary/aromatic N) is 3. The molecule has 0 aromatic heterocycles. The van der Waals surface area contributed by atoms with E-state index in [0.29, 0.717) is 19.5 Å². The molecule has 2 aliphatic rings. The predicted octanol–water partition coefficient (Wildman–Crippen LogP) is -1.05. The van der Waals surface area contributed by atoms with Crippen LogP contribution in [-0.4, -0.2) is 94.4 Å². The maximum atomic E-state index is 12.3. The summed E-state index contributed by atoms with van der Waals surface area (Å²) in [5.41, 5.74) is 0. The Labute approximate surface area is 138 Å². The molecule has 0 aliphatic carbocycles. The Morgan fingerprint density at radius 3 is 2.61 bits per heavy atom. The van der Waals surface area contributed by atoms with Gasteiger partial charge in [-0.1, -0.05) is 0 Å². The van der Waals surface area contributed by atoms with Crippen molar-refractivity contribution in [3.63, 3.8) is 0 Å². The highest BCUT2D eigenvalue weighted by Gasteiger charge is 2.33. The number of rotatable bonds is 6. The van der Waals surface area contributed by atoms with Gasteiger partial charge in [-0.05, 0) is 12.8 Å². The van der Waals surface area contributed by atoms with E-state index in [1.807, 2.05) is 0 Å². The van der Waals surface area contributed by atoms with Crippen LogP contribution in [0.4, 0.5) is 0 Å². The zero-order chi connectivity index (χ0) is 16.9. The highest BCUT2D eigenvalue weighted by molar-refractivity contribution is 7.86. The average Bonchev–Trinajstić information content (AvgIpc) is 2.55. The Morgan fingerprint density at radius 1 is 1.26 bits per heavy atom. The second-order valence-corrected chi connectivity index (χ2v) is 8.37. The summed E-state index contributed by atoms with van der Waals surface area (Å²) in [7, 11) is -0.409. The lowest BCUT2D eigenvalue weighted by molar-refractivity contribution is -0.126. The van der Waals surface area contributed by atoms with Crippen LogP contribution in [0.1, 0.15) is 12.8 Å². The first-order valence-electron chi connectivity index (χ1n) is 8.16. The fourth-order valence-corrected chi connectivity index (χ4v) is 4.09. The van der Waals surface area contributed by atoms with Crippen LogP contribution in [0.25, 0.3) is 0 Å². The van der Waals surface area contributed by atoms with Crippen molar-refractivity contribution in [3.8, 4) is 0 Å².